The van der Waals surface area contributed by atoms with Crippen molar-refractivity contribution in [2.75, 3.05) is 0 Å². The zero-order chi connectivity index (χ0) is 16.0. The molecule has 0 spiro atoms. The number of hydrogen-bond acceptors (Lipinski definition) is 0. The molecule has 0 N–H and O–H groups in total. The van der Waals surface area contributed by atoms with Gasteiger partial charge in [0, 0.05) is 0 Å². The van der Waals surface area contributed by atoms with Crippen LogP contribution in [-0.2, 0) is 23.2 Å². The summed E-state index contributed by atoms with van der Waals surface area (Å²) < 4.78 is 2.43. The fourth-order valence-electron chi connectivity index (χ4n) is 3.65. The molecule has 4 rings (SSSR count). The summed E-state index contributed by atoms with van der Waals surface area (Å²) in [6.45, 7) is 6.97. The van der Waals surface area contributed by atoms with E-state index in [1.54, 1.807) is 14.4 Å². The predicted molar refractivity (Wildman–Crippen MR) is 94.0 cm³/mol. The third-order valence-electron chi connectivity index (χ3n) is 4.90. The van der Waals surface area contributed by atoms with E-state index in [4.69, 9.17) is 0 Å². The molecule has 0 saturated carbocycles. The van der Waals surface area contributed by atoms with Crippen molar-refractivity contribution in [2.45, 2.75) is 30.8 Å². The standard InChI is InChI=1S/C13H9.C9H13.Zr/c1-3-7-12-10(5-1)9-11-6-2-4-8-13(11)12;1-9(2,3)8-6-4-5-7-8;/h1-9H;6-7H,4H2,1-3H3;. The molecule has 0 nitrogen and oxygen atoms in total. The number of benzene rings is 2. The summed E-state index contributed by atoms with van der Waals surface area (Å²) in [5.41, 5.74) is 7.91. The van der Waals surface area contributed by atoms with Crippen LogP contribution in [0.3, 0.4) is 0 Å². The first kappa shape index (κ1) is 15.3. The molecule has 0 heterocycles. The van der Waals surface area contributed by atoms with Crippen molar-refractivity contribution in [3.05, 3.63) is 80.7 Å². The summed E-state index contributed by atoms with van der Waals surface area (Å²) in [6, 6.07) is 18.1. The molecule has 0 radical (unpaired) electrons. The van der Waals surface area contributed by atoms with Crippen molar-refractivity contribution in [3.63, 3.8) is 0 Å². The summed E-state index contributed by atoms with van der Waals surface area (Å²) >= 11 is -0.665. The Bertz CT molecular complexity index is 772. The van der Waals surface area contributed by atoms with E-state index in [1.165, 1.54) is 23.1 Å². The molecule has 0 fully saturated rings. The predicted octanol–water partition coefficient (Wildman–Crippen LogP) is 6.10. The monoisotopic (exact) mass is 376 g/mol. The molecule has 2 aliphatic carbocycles. The van der Waals surface area contributed by atoms with E-state index in [0.717, 1.165) is 0 Å². The minimum atomic E-state index is -0.665. The first-order valence-corrected chi connectivity index (χ1v) is 11.0. The van der Waals surface area contributed by atoms with Gasteiger partial charge in [-0.3, -0.25) is 0 Å². The Morgan fingerprint density at radius 3 is 1.96 bits per heavy atom. The van der Waals surface area contributed by atoms with Crippen LogP contribution in [0.5, 0.6) is 0 Å². The molecule has 2 aromatic carbocycles. The summed E-state index contributed by atoms with van der Waals surface area (Å²) in [7, 11) is 0. The van der Waals surface area contributed by atoms with Crippen LogP contribution in [-0.4, -0.2) is 0 Å². The molecular weight excluding hydrogens is 355 g/mol. The van der Waals surface area contributed by atoms with Gasteiger partial charge in [0.1, 0.15) is 0 Å². The third-order valence-corrected chi connectivity index (χ3v) is 8.91. The van der Waals surface area contributed by atoms with Crippen LogP contribution in [0.1, 0.15) is 41.9 Å². The Kier molecular flexibility index (Phi) is 3.81. The van der Waals surface area contributed by atoms with Crippen molar-refractivity contribution >= 4 is 0 Å². The number of rotatable bonds is 2. The Hall–Kier alpha value is -1.20. The van der Waals surface area contributed by atoms with E-state index in [-0.39, 0.29) is 5.41 Å². The van der Waals surface area contributed by atoms with Gasteiger partial charge < -0.3 is 0 Å². The molecule has 0 bridgehead atoms. The number of hydrogen-bond donors (Lipinski definition) is 0. The Labute approximate surface area is 150 Å². The van der Waals surface area contributed by atoms with Gasteiger partial charge in [0.15, 0.2) is 0 Å². The molecule has 114 valence electrons. The quantitative estimate of drug-likeness (QED) is 0.593. The van der Waals surface area contributed by atoms with Crippen LogP contribution < -0.4 is 0 Å². The van der Waals surface area contributed by atoms with E-state index < -0.39 is 23.2 Å². The van der Waals surface area contributed by atoms with Crippen molar-refractivity contribution in [2.24, 2.45) is 5.41 Å². The third kappa shape index (κ3) is 2.74. The van der Waals surface area contributed by atoms with Crippen LogP contribution in [0.15, 0.2) is 69.5 Å². The van der Waals surface area contributed by atoms with Crippen LogP contribution in [0, 0.1) is 5.41 Å². The Balaban J connectivity index is 1.69. The molecule has 0 saturated heterocycles. The van der Waals surface area contributed by atoms with Gasteiger partial charge in [-0.2, -0.15) is 0 Å². The molecule has 23 heavy (non-hydrogen) atoms. The zero-order valence-corrected chi connectivity index (χ0v) is 16.5. The van der Waals surface area contributed by atoms with E-state index in [1.807, 2.05) is 0 Å². The van der Waals surface area contributed by atoms with Gasteiger partial charge in [-0.15, -0.1) is 0 Å². The van der Waals surface area contributed by atoms with Gasteiger partial charge in [0.2, 0.25) is 0 Å². The molecule has 0 aromatic heterocycles. The van der Waals surface area contributed by atoms with Crippen LogP contribution in [0.4, 0.5) is 0 Å². The summed E-state index contributed by atoms with van der Waals surface area (Å²) in [5, 5.41) is 0. The van der Waals surface area contributed by atoms with E-state index in [2.05, 4.69) is 81.5 Å². The number of fused-ring (bicyclic) bond motifs is 3. The summed E-state index contributed by atoms with van der Waals surface area (Å²) in [5.74, 6) is 0. The molecule has 0 atom stereocenters. The molecule has 1 heteroatoms. The molecule has 0 amide bonds. The van der Waals surface area contributed by atoms with Crippen molar-refractivity contribution in [3.8, 4) is 11.1 Å². The number of allylic oxidation sites excluding steroid dienone is 4. The van der Waals surface area contributed by atoms with Crippen LogP contribution >= 0.6 is 0 Å². The minimum absolute atomic E-state index is 0.284. The fraction of sp³-hybridized carbons (Fsp3) is 0.273. The summed E-state index contributed by atoms with van der Waals surface area (Å²) in [6.07, 6.45) is 6.18. The van der Waals surface area contributed by atoms with Crippen molar-refractivity contribution < 1.29 is 23.2 Å². The second kappa shape index (κ2) is 5.71. The van der Waals surface area contributed by atoms with Gasteiger partial charge >= 0.3 is 151 Å². The average molecular weight is 378 g/mol. The molecule has 2 aliphatic rings. The molecule has 2 aromatic rings. The van der Waals surface area contributed by atoms with Gasteiger partial charge in [0.05, 0.1) is 0 Å². The SMILES string of the molecule is CC(C)(C)C1=CC[C]([Zr][CH]2c3ccccc3-c3ccccc32)=C1. The second-order valence-electron chi connectivity index (χ2n) is 7.54. The van der Waals surface area contributed by atoms with E-state index in [9.17, 15) is 0 Å². The van der Waals surface area contributed by atoms with Gasteiger partial charge in [-0.1, -0.05) is 0 Å². The van der Waals surface area contributed by atoms with E-state index in [0.29, 0.717) is 3.63 Å². The van der Waals surface area contributed by atoms with Gasteiger partial charge in [-0.25, -0.2) is 0 Å². The normalized spacial score (nSPS) is 16.7. The van der Waals surface area contributed by atoms with E-state index >= 15 is 0 Å². The maximum absolute atomic E-state index is 2.52. The zero-order valence-electron chi connectivity index (χ0n) is 14.1. The Morgan fingerprint density at radius 2 is 1.43 bits per heavy atom. The van der Waals surface area contributed by atoms with Crippen molar-refractivity contribution in [1.82, 2.24) is 0 Å². The first-order chi connectivity index (χ1) is 11.0. The molecule has 0 unspecified atom stereocenters. The molecular formula is C22H22Zr. The Morgan fingerprint density at radius 1 is 0.870 bits per heavy atom. The second-order valence-corrected chi connectivity index (χ2v) is 11.2. The van der Waals surface area contributed by atoms with Crippen molar-refractivity contribution in [1.29, 1.82) is 0 Å². The maximum atomic E-state index is 2.52. The first-order valence-electron chi connectivity index (χ1n) is 8.40. The van der Waals surface area contributed by atoms with Gasteiger partial charge in [0.25, 0.3) is 0 Å². The topological polar surface area (TPSA) is 0 Å². The fourth-order valence-corrected chi connectivity index (χ4v) is 7.69. The van der Waals surface area contributed by atoms with Crippen LogP contribution in [0.25, 0.3) is 11.1 Å². The van der Waals surface area contributed by atoms with Crippen LogP contribution in [0.2, 0.25) is 0 Å². The van der Waals surface area contributed by atoms with Gasteiger partial charge in [-0.05, 0) is 0 Å². The average Bonchev–Trinajstić information content (AvgIpc) is 3.12. The molecule has 0 aliphatic heterocycles. The summed E-state index contributed by atoms with van der Waals surface area (Å²) in [4.78, 5) is 0.